The zero-order chi connectivity index (χ0) is 14.3. The topological polar surface area (TPSA) is 29.1 Å². The molecule has 108 valence electrons. The van der Waals surface area contributed by atoms with Gasteiger partial charge in [0.15, 0.2) is 11.6 Å². The predicted octanol–water partition coefficient (Wildman–Crippen LogP) is 2.92. The minimum absolute atomic E-state index is 0.00230. The van der Waals surface area contributed by atoms with Gasteiger partial charge in [0.1, 0.15) is 5.78 Å². The molecule has 0 spiro atoms. The van der Waals surface area contributed by atoms with Gasteiger partial charge in [-0.1, -0.05) is 12.1 Å². The Morgan fingerprint density at radius 1 is 1.20 bits per heavy atom. The fourth-order valence-electron chi connectivity index (χ4n) is 3.47. The fourth-order valence-corrected chi connectivity index (χ4v) is 3.47. The summed E-state index contributed by atoms with van der Waals surface area (Å²) in [4.78, 5) is 12.3. The van der Waals surface area contributed by atoms with Gasteiger partial charge >= 0.3 is 0 Å². The number of hydrogen-bond donors (Lipinski definition) is 1. The minimum Gasteiger partial charge on any atom is -0.311 e. The van der Waals surface area contributed by atoms with Crippen LogP contribution in [0.3, 0.4) is 0 Å². The fraction of sp³-hybridized carbons (Fsp3) is 0.562. The molecule has 2 atom stereocenters. The number of aryl methyl sites for hydroxylation is 1. The van der Waals surface area contributed by atoms with Gasteiger partial charge in [0.25, 0.3) is 0 Å². The van der Waals surface area contributed by atoms with Crippen molar-refractivity contribution in [1.29, 1.82) is 0 Å². The Balaban J connectivity index is 1.72. The van der Waals surface area contributed by atoms with E-state index in [1.807, 2.05) is 0 Å². The molecule has 2 heterocycles. The summed E-state index contributed by atoms with van der Waals surface area (Å²) in [5.74, 6) is -1.65. The van der Waals surface area contributed by atoms with Gasteiger partial charge in [0.2, 0.25) is 0 Å². The van der Waals surface area contributed by atoms with Crippen LogP contribution in [0.2, 0.25) is 0 Å². The molecule has 2 saturated heterocycles. The van der Waals surface area contributed by atoms with Crippen molar-refractivity contribution in [2.24, 2.45) is 5.92 Å². The molecule has 1 aromatic rings. The van der Waals surface area contributed by atoms with Gasteiger partial charge < -0.3 is 5.32 Å². The van der Waals surface area contributed by atoms with Gasteiger partial charge in [-0.15, -0.1) is 0 Å². The number of ketones is 1. The summed E-state index contributed by atoms with van der Waals surface area (Å²) in [5, 5.41) is 3.48. The average molecular weight is 279 g/mol. The van der Waals surface area contributed by atoms with Gasteiger partial charge in [-0.2, -0.15) is 0 Å². The number of halogens is 2. The lowest BCUT2D eigenvalue weighted by Crippen LogP contribution is -2.40. The second kappa shape index (κ2) is 5.24. The van der Waals surface area contributed by atoms with E-state index in [1.165, 1.54) is 19.1 Å². The molecular weight excluding hydrogens is 260 g/mol. The Morgan fingerprint density at radius 2 is 1.85 bits per heavy atom. The average Bonchev–Trinajstić information content (AvgIpc) is 2.78. The van der Waals surface area contributed by atoms with Crippen LogP contribution in [0.25, 0.3) is 0 Å². The molecule has 1 N–H and O–H groups in total. The summed E-state index contributed by atoms with van der Waals surface area (Å²) in [6, 6.07) is 3.93. The molecule has 2 nitrogen and oxygen atoms in total. The number of benzene rings is 1. The Hall–Kier alpha value is -1.29. The summed E-state index contributed by atoms with van der Waals surface area (Å²) in [6.45, 7) is 1.52. The van der Waals surface area contributed by atoms with Crippen LogP contribution in [0.15, 0.2) is 12.1 Å². The molecular formula is C16H19F2NO. The maximum Gasteiger partial charge on any atom is 0.162 e. The van der Waals surface area contributed by atoms with Gasteiger partial charge in [-0.3, -0.25) is 4.79 Å². The molecule has 3 rings (SSSR count). The molecule has 4 heteroatoms. The second-order valence-electron chi connectivity index (χ2n) is 6.12. The number of piperidine rings is 1. The van der Waals surface area contributed by atoms with Gasteiger partial charge in [-0.25, -0.2) is 8.78 Å². The van der Waals surface area contributed by atoms with Crippen molar-refractivity contribution in [1.82, 2.24) is 5.32 Å². The number of rotatable bonds is 3. The molecule has 20 heavy (non-hydrogen) atoms. The van der Waals surface area contributed by atoms with Crippen molar-refractivity contribution in [2.45, 2.75) is 51.1 Å². The van der Waals surface area contributed by atoms with Crippen molar-refractivity contribution < 1.29 is 13.6 Å². The van der Waals surface area contributed by atoms with Crippen LogP contribution < -0.4 is 5.32 Å². The Labute approximate surface area is 117 Å². The zero-order valence-electron chi connectivity index (χ0n) is 11.6. The second-order valence-corrected chi connectivity index (χ2v) is 6.12. The summed E-state index contributed by atoms with van der Waals surface area (Å²) >= 11 is 0. The largest absolute Gasteiger partial charge is 0.311 e. The third-order valence-corrected chi connectivity index (χ3v) is 4.65. The molecule has 0 radical (unpaired) electrons. The molecule has 2 aliphatic heterocycles. The van der Waals surface area contributed by atoms with E-state index in [1.54, 1.807) is 0 Å². The highest BCUT2D eigenvalue weighted by atomic mass is 19.2. The standard InChI is InChI=1S/C16H19F2NO/c1-9-2-3-10(16(18)15(9)17)8-14(20)11-6-12-4-5-13(7-11)19-12/h2-3,11-13,19H,4-8H2,1H3. The van der Waals surface area contributed by atoms with E-state index in [-0.39, 0.29) is 29.2 Å². The maximum absolute atomic E-state index is 13.8. The van der Waals surface area contributed by atoms with Crippen molar-refractivity contribution in [3.8, 4) is 0 Å². The van der Waals surface area contributed by atoms with Gasteiger partial charge in [0.05, 0.1) is 0 Å². The molecule has 0 aliphatic carbocycles. The molecule has 2 fully saturated rings. The summed E-state index contributed by atoms with van der Waals surface area (Å²) in [7, 11) is 0. The maximum atomic E-state index is 13.8. The molecule has 2 unspecified atom stereocenters. The smallest absolute Gasteiger partial charge is 0.162 e. The number of carbonyl (C=O) groups is 1. The molecule has 2 aliphatic rings. The first-order chi connectivity index (χ1) is 9.54. The predicted molar refractivity (Wildman–Crippen MR) is 72.5 cm³/mol. The lowest BCUT2D eigenvalue weighted by Gasteiger charge is -2.28. The van der Waals surface area contributed by atoms with Crippen molar-refractivity contribution in [3.63, 3.8) is 0 Å². The number of fused-ring (bicyclic) bond motifs is 2. The van der Waals surface area contributed by atoms with Crippen LogP contribution in [0.1, 0.15) is 36.8 Å². The quantitative estimate of drug-likeness (QED) is 0.921. The molecule has 0 amide bonds. The monoisotopic (exact) mass is 279 g/mol. The number of Topliss-reactive ketones (excluding diaryl/α,β-unsaturated/α-hetero) is 1. The third kappa shape index (κ3) is 2.49. The van der Waals surface area contributed by atoms with Crippen LogP contribution >= 0.6 is 0 Å². The van der Waals surface area contributed by atoms with Gasteiger partial charge in [-0.05, 0) is 43.7 Å². The third-order valence-electron chi connectivity index (χ3n) is 4.65. The first-order valence-electron chi connectivity index (χ1n) is 7.27. The van der Waals surface area contributed by atoms with E-state index in [4.69, 9.17) is 0 Å². The van der Waals surface area contributed by atoms with E-state index in [0.717, 1.165) is 25.7 Å². The highest BCUT2D eigenvalue weighted by Crippen LogP contribution is 2.32. The minimum atomic E-state index is -0.866. The van der Waals surface area contributed by atoms with Crippen molar-refractivity contribution >= 4 is 5.78 Å². The lowest BCUT2D eigenvalue weighted by molar-refractivity contribution is -0.123. The number of hydrogen-bond acceptors (Lipinski definition) is 2. The van der Waals surface area contributed by atoms with Crippen LogP contribution in [0, 0.1) is 24.5 Å². The zero-order valence-corrected chi connectivity index (χ0v) is 11.6. The van der Waals surface area contributed by atoms with E-state index in [2.05, 4.69) is 5.32 Å². The Morgan fingerprint density at radius 3 is 2.50 bits per heavy atom. The SMILES string of the molecule is Cc1ccc(CC(=O)C2CC3CCC(C2)N3)c(F)c1F. The summed E-state index contributed by atoms with van der Waals surface area (Å²) in [5.41, 5.74) is 0.461. The summed E-state index contributed by atoms with van der Waals surface area (Å²) < 4.78 is 27.3. The Kier molecular flexibility index (Phi) is 3.59. The Bertz CT molecular complexity index is 532. The number of carbonyl (C=O) groups excluding carboxylic acids is 1. The van der Waals surface area contributed by atoms with Crippen LogP contribution in [0.5, 0.6) is 0 Å². The molecule has 0 aromatic heterocycles. The normalized spacial score (nSPS) is 28.6. The first kappa shape index (κ1) is 13.7. The van der Waals surface area contributed by atoms with Crippen molar-refractivity contribution in [2.75, 3.05) is 0 Å². The summed E-state index contributed by atoms with van der Waals surface area (Å²) in [6.07, 6.45) is 3.94. The van der Waals surface area contributed by atoms with Crippen molar-refractivity contribution in [3.05, 3.63) is 34.9 Å². The van der Waals surface area contributed by atoms with E-state index in [0.29, 0.717) is 12.1 Å². The molecule has 0 saturated carbocycles. The molecule has 1 aromatic carbocycles. The van der Waals surface area contributed by atoms with E-state index in [9.17, 15) is 13.6 Å². The van der Waals surface area contributed by atoms with E-state index < -0.39 is 11.6 Å². The van der Waals surface area contributed by atoms with E-state index >= 15 is 0 Å². The highest BCUT2D eigenvalue weighted by Gasteiger charge is 2.36. The first-order valence-corrected chi connectivity index (χ1v) is 7.27. The number of nitrogens with one attached hydrogen (secondary N) is 1. The van der Waals surface area contributed by atoms with Crippen LogP contribution in [-0.2, 0) is 11.2 Å². The highest BCUT2D eigenvalue weighted by molar-refractivity contribution is 5.83. The van der Waals surface area contributed by atoms with Crippen LogP contribution in [0.4, 0.5) is 8.78 Å². The lowest BCUT2D eigenvalue weighted by atomic mass is 9.86. The van der Waals surface area contributed by atoms with Gasteiger partial charge in [0, 0.05) is 24.4 Å². The molecule has 2 bridgehead atoms. The van der Waals surface area contributed by atoms with Crippen LogP contribution in [-0.4, -0.2) is 17.9 Å².